The van der Waals surface area contributed by atoms with E-state index in [1.165, 1.54) is 3.57 Å². The first-order chi connectivity index (χ1) is 7.58. The van der Waals surface area contributed by atoms with Crippen LogP contribution < -0.4 is 10.1 Å². The molecule has 1 atom stereocenters. The number of nitrogens with one attached hydrogen (secondary N) is 1. The van der Waals surface area contributed by atoms with Gasteiger partial charge in [0.05, 0.1) is 0 Å². The summed E-state index contributed by atoms with van der Waals surface area (Å²) >= 11 is 2.24. The fraction of sp³-hybridized carbons (Fsp3) is 0.500. The lowest BCUT2D eigenvalue weighted by Gasteiger charge is -2.14. The van der Waals surface area contributed by atoms with Gasteiger partial charge in [0.2, 0.25) is 0 Å². The molecule has 0 spiro atoms. The van der Waals surface area contributed by atoms with Gasteiger partial charge < -0.3 is 15.2 Å². The molecule has 4 heteroatoms. The molecule has 0 fully saturated rings. The summed E-state index contributed by atoms with van der Waals surface area (Å²) in [7, 11) is 0. The monoisotopic (exact) mass is 335 g/mol. The molecule has 0 aliphatic carbocycles. The van der Waals surface area contributed by atoms with Gasteiger partial charge in [0, 0.05) is 16.2 Å². The largest absolute Gasteiger partial charge is 0.491 e. The van der Waals surface area contributed by atoms with Crippen LogP contribution in [0.2, 0.25) is 0 Å². The van der Waals surface area contributed by atoms with Gasteiger partial charge in [0.25, 0.3) is 0 Å². The average molecular weight is 335 g/mol. The van der Waals surface area contributed by atoms with Crippen LogP contribution in [0.4, 0.5) is 0 Å². The lowest BCUT2D eigenvalue weighted by molar-refractivity contribution is 0.104. The molecule has 90 valence electrons. The predicted octanol–water partition coefficient (Wildman–Crippen LogP) is 2.03. The van der Waals surface area contributed by atoms with Gasteiger partial charge in [0.15, 0.2) is 0 Å². The highest BCUT2D eigenvalue weighted by Crippen LogP contribution is 2.13. The minimum absolute atomic E-state index is 0.320. The van der Waals surface area contributed by atoms with E-state index in [9.17, 15) is 5.11 Å². The van der Waals surface area contributed by atoms with Crippen LogP contribution in [0.15, 0.2) is 24.3 Å². The molecule has 3 nitrogen and oxygen atoms in total. The number of ether oxygens (including phenoxy) is 1. The minimum atomic E-state index is -0.471. The molecule has 1 rings (SSSR count). The topological polar surface area (TPSA) is 41.5 Å². The number of halogens is 1. The molecule has 0 heterocycles. The SMILES string of the molecule is CC(C)NCC(O)COc1ccc(I)cc1. The van der Waals surface area contributed by atoms with Gasteiger partial charge in [0.1, 0.15) is 18.5 Å². The zero-order valence-corrected chi connectivity index (χ0v) is 11.8. The highest BCUT2D eigenvalue weighted by Gasteiger charge is 2.05. The van der Waals surface area contributed by atoms with Crippen LogP contribution in [-0.2, 0) is 0 Å². The van der Waals surface area contributed by atoms with Crippen LogP contribution in [0.25, 0.3) is 0 Å². The molecular weight excluding hydrogens is 317 g/mol. The second-order valence-corrected chi connectivity index (χ2v) is 5.23. The lowest BCUT2D eigenvalue weighted by atomic mass is 10.3. The molecule has 0 amide bonds. The molecule has 0 aliphatic rings. The molecular formula is C12H18INO2. The second kappa shape index (κ2) is 7.09. The van der Waals surface area contributed by atoms with Crippen LogP contribution in [0.3, 0.4) is 0 Å². The van der Waals surface area contributed by atoms with E-state index >= 15 is 0 Å². The van der Waals surface area contributed by atoms with E-state index in [0.717, 1.165) is 5.75 Å². The molecule has 0 bridgehead atoms. The summed E-state index contributed by atoms with van der Waals surface area (Å²) in [5, 5.41) is 12.8. The van der Waals surface area contributed by atoms with Crippen molar-refractivity contribution in [1.29, 1.82) is 0 Å². The average Bonchev–Trinajstić information content (AvgIpc) is 2.25. The predicted molar refractivity (Wildman–Crippen MR) is 73.8 cm³/mol. The summed E-state index contributed by atoms with van der Waals surface area (Å²) in [5.41, 5.74) is 0. The summed E-state index contributed by atoms with van der Waals surface area (Å²) in [6, 6.07) is 8.16. The summed E-state index contributed by atoms with van der Waals surface area (Å²) < 4.78 is 6.63. The van der Waals surface area contributed by atoms with Crippen molar-refractivity contribution in [3.05, 3.63) is 27.8 Å². The molecule has 0 saturated heterocycles. The van der Waals surface area contributed by atoms with Crippen molar-refractivity contribution in [2.24, 2.45) is 0 Å². The Kier molecular flexibility index (Phi) is 6.08. The minimum Gasteiger partial charge on any atom is -0.491 e. The third-order valence-electron chi connectivity index (χ3n) is 2.02. The van der Waals surface area contributed by atoms with Crippen molar-refractivity contribution < 1.29 is 9.84 Å². The van der Waals surface area contributed by atoms with E-state index in [-0.39, 0.29) is 0 Å². The van der Waals surface area contributed by atoms with Gasteiger partial charge in [-0.25, -0.2) is 0 Å². The first kappa shape index (κ1) is 13.7. The van der Waals surface area contributed by atoms with Gasteiger partial charge in [-0.2, -0.15) is 0 Å². The third-order valence-corrected chi connectivity index (χ3v) is 2.74. The van der Waals surface area contributed by atoms with E-state index in [1.807, 2.05) is 38.1 Å². The van der Waals surface area contributed by atoms with Gasteiger partial charge in [-0.15, -0.1) is 0 Å². The molecule has 0 saturated carbocycles. The van der Waals surface area contributed by atoms with E-state index in [1.54, 1.807) is 0 Å². The molecule has 0 radical (unpaired) electrons. The highest BCUT2D eigenvalue weighted by atomic mass is 127. The fourth-order valence-electron chi connectivity index (χ4n) is 1.15. The summed E-state index contributed by atoms with van der Waals surface area (Å²) in [6.45, 7) is 4.97. The Balaban J connectivity index is 2.26. The van der Waals surface area contributed by atoms with Crippen molar-refractivity contribution in [2.75, 3.05) is 13.2 Å². The number of hydrogen-bond acceptors (Lipinski definition) is 3. The molecule has 16 heavy (non-hydrogen) atoms. The Morgan fingerprint density at radius 2 is 1.94 bits per heavy atom. The summed E-state index contributed by atoms with van der Waals surface area (Å²) in [5.74, 6) is 0.795. The molecule has 0 aromatic heterocycles. The number of rotatable bonds is 6. The highest BCUT2D eigenvalue weighted by molar-refractivity contribution is 14.1. The Morgan fingerprint density at radius 1 is 1.31 bits per heavy atom. The van der Waals surface area contributed by atoms with Crippen molar-refractivity contribution in [3.63, 3.8) is 0 Å². The van der Waals surface area contributed by atoms with Gasteiger partial charge in [-0.1, -0.05) is 13.8 Å². The molecule has 1 aromatic carbocycles. The maximum Gasteiger partial charge on any atom is 0.119 e. The number of benzene rings is 1. The van der Waals surface area contributed by atoms with Crippen LogP contribution in [0.5, 0.6) is 5.75 Å². The molecule has 1 unspecified atom stereocenters. The standard InChI is InChI=1S/C12H18INO2/c1-9(2)14-7-11(15)8-16-12-5-3-10(13)4-6-12/h3-6,9,11,14-15H,7-8H2,1-2H3. The Morgan fingerprint density at radius 3 is 2.50 bits per heavy atom. The van der Waals surface area contributed by atoms with Crippen LogP contribution in [0, 0.1) is 3.57 Å². The maximum absolute atomic E-state index is 9.62. The smallest absolute Gasteiger partial charge is 0.119 e. The zero-order chi connectivity index (χ0) is 12.0. The van der Waals surface area contributed by atoms with Crippen molar-refractivity contribution >= 4 is 22.6 Å². The summed E-state index contributed by atoms with van der Waals surface area (Å²) in [6.07, 6.45) is -0.471. The van der Waals surface area contributed by atoms with E-state index in [4.69, 9.17) is 4.74 Å². The number of aliphatic hydroxyl groups is 1. The fourth-order valence-corrected chi connectivity index (χ4v) is 1.51. The molecule has 1 aromatic rings. The quantitative estimate of drug-likeness (QED) is 0.782. The zero-order valence-electron chi connectivity index (χ0n) is 9.61. The van der Waals surface area contributed by atoms with Gasteiger partial charge in [-0.05, 0) is 46.9 Å². The Bertz CT molecular complexity index is 300. The van der Waals surface area contributed by atoms with Crippen LogP contribution >= 0.6 is 22.6 Å². The van der Waals surface area contributed by atoms with Gasteiger partial charge in [-0.3, -0.25) is 0 Å². The summed E-state index contributed by atoms with van der Waals surface area (Å²) in [4.78, 5) is 0. The van der Waals surface area contributed by atoms with Crippen LogP contribution in [-0.4, -0.2) is 30.4 Å². The Labute approximate surface area is 110 Å². The van der Waals surface area contributed by atoms with E-state index < -0.39 is 6.10 Å². The molecule has 0 aliphatic heterocycles. The third kappa shape index (κ3) is 5.67. The Hall–Kier alpha value is -0.330. The van der Waals surface area contributed by atoms with E-state index in [0.29, 0.717) is 19.2 Å². The number of hydrogen-bond donors (Lipinski definition) is 2. The first-order valence-electron chi connectivity index (χ1n) is 5.37. The van der Waals surface area contributed by atoms with Crippen molar-refractivity contribution in [3.8, 4) is 5.75 Å². The maximum atomic E-state index is 9.62. The lowest BCUT2D eigenvalue weighted by Crippen LogP contribution is -2.35. The molecule has 2 N–H and O–H groups in total. The van der Waals surface area contributed by atoms with Crippen molar-refractivity contribution in [2.45, 2.75) is 26.0 Å². The van der Waals surface area contributed by atoms with Gasteiger partial charge >= 0.3 is 0 Å². The van der Waals surface area contributed by atoms with E-state index in [2.05, 4.69) is 27.9 Å². The van der Waals surface area contributed by atoms with Crippen LogP contribution in [0.1, 0.15) is 13.8 Å². The first-order valence-corrected chi connectivity index (χ1v) is 6.45. The normalized spacial score (nSPS) is 12.8. The second-order valence-electron chi connectivity index (χ2n) is 3.98. The number of aliphatic hydroxyl groups excluding tert-OH is 1. The van der Waals surface area contributed by atoms with Crippen molar-refractivity contribution in [1.82, 2.24) is 5.32 Å².